The van der Waals surface area contributed by atoms with Crippen LogP contribution < -0.4 is 10.6 Å². The summed E-state index contributed by atoms with van der Waals surface area (Å²) in [5, 5.41) is 6.84. The van der Waals surface area contributed by atoms with E-state index in [9.17, 15) is 4.79 Å². The van der Waals surface area contributed by atoms with E-state index in [1.165, 1.54) is 30.5 Å². The first-order valence-electron chi connectivity index (χ1n) is 9.51. The third-order valence-electron chi connectivity index (χ3n) is 5.85. The van der Waals surface area contributed by atoms with Crippen molar-refractivity contribution in [3.63, 3.8) is 0 Å². The smallest absolute Gasteiger partial charge is 0.408 e. The SMILES string of the molecule is Cc1cccc(NCC23CCC(NC(=O)OC(C)(C)C)(CC2)CC3)c1. The molecule has 1 aromatic rings. The van der Waals surface area contributed by atoms with Crippen LogP contribution in [-0.4, -0.2) is 23.8 Å². The normalized spacial score (nSPS) is 28.5. The van der Waals surface area contributed by atoms with E-state index < -0.39 is 5.60 Å². The summed E-state index contributed by atoms with van der Waals surface area (Å²) in [6.45, 7) is 8.89. The summed E-state index contributed by atoms with van der Waals surface area (Å²) >= 11 is 0. The molecule has 4 rings (SSSR count). The highest BCUT2D eigenvalue weighted by molar-refractivity contribution is 5.69. The Kier molecular flexibility index (Phi) is 4.74. The van der Waals surface area contributed by atoms with Crippen molar-refractivity contribution in [1.29, 1.82) is 0 Å². The average Bonchev–Trinajstić information content (AvgIpc) is 2.53. The molecule has 3 fully saturated rings. The van der Waals surface area contributed by atoms with Gasteiger partial charge in [0.05, 0.1) is 0 Å². The lowest BCUT2D eigenvalue weighted by molar-refractivity contribution is 0.00953. The zero-order valence-electron chi connectivity index (χ0n) is 16.1. The number of hydrogen-bond donors (Lipinski definition) is 2. The van der Waals surface area contributed by atoms with Crippen LogP contribution in [-0.2, 0) is 4.74 Å². The van der Waals surface area contributed by atoms with E-state index in [-0.39, 0.29) is 11.6 Å². The van der Waals surface area contributed by atoms with Gasteiger partial charge in [-0.3, -0.25) is 0 Å². The molecule has 1 amide bonds. The Morgan fingerprint density at radius 2 is 1.76 bits per heavy atom. The summed E-state index contributed by atoms with van der Waals surface area (Å²) in [4.78, 5) is 12.2. The van der Waals surface area contributed by atoms with E-state index in [1.807, 2.05) is 20.8 Å². The molecule has 3 aliphatic rings. The van der Waals surface area contributed by atoms with Crippen LogP contribution in [0.3, 0.4) is 0 Å². The van der Waals surface area contributed by atoms with Crippen molar-refractivity contribution in [3.05, 3.63) is 29.8 Å². The first kappa shape index (κ1) is 18.1. The highest BCUT2D eigenvalue weighted by Crippen LogP contribution is 2.52. The Morgan fingerprint density at radius 1 is 1.12 bits per heavy atom. The maximum Gasteiger partial charge on any atom is 0.408 e. The largest absolute Gasteiger partial charge is 0.444 e. The Morgan fingerprint density at radius 3 is 2.32 bits per heavy atom. The van der Waals surface area contributed by atoms with Crippen molar-refractivity contribution in [1.82, 2.24) is 5.32 Å². The van der Waals surface area contributed by atoms with Crippen LogP contribution in [0.15, 0.2) is 24.3 Å². The van der Waals surface area contributed by atoms with E-state index in [0.29, 0.717) is 5.41 Å². The van der Waals surface area contributed by atoms with Gasteiger partial charge in [0, 0.05) is 17.8 Å². The second kappa shape index (κ2) is 6.54. The average molecular weight is 344 g/mol. The number of carbonyl (C=O) groups excluding carboxylic acids is 1. The molecule has 2 N–H and O–H groups in total. The molecule has 25 heavy (non-hydrogen) atoms. The van der Waals surface area contributed by atoms with Crippen molar-refractivity contribution in [2.24, 2.45) is 5.41 Å². The zero-order chi connectivity index (χ0) is 18.1. The molecule has 0 aromatic heterocycles. The van der Waals surface area contributed by atoms with Crippen molar-refractivity contribution in [2.45, 2.75) is 77.4 Å². The van der Waals surface area contributed by atoms with Gasteiger partial charge in [0.15, 0.2) is 0 Å². The minimum absolute atomic E-state index is 0.0482. The van der Waals surface area contributed by atoms with Crippen LogP contribution in [0.1, 0.15) is 64.9 Å². The topological polar surface area (TPSA) is 50.4 Å². The molecule has 4 heteroatoms. The first-order chi connectivity index (χ1) is 11.7. The molecule has 0 atom stereocenters. The predicted octanol–water partition coefficient (Wildman–Crippen LogP) is 5.02. The second-order valence-corrected chi connectivity index (χ2v) is 9.13. The summed E-state index contributed by atoms with van der Waals surface area (Å²) in [5.41, 5.74) is 2.39. The standard InChI is InChI=1S/C21H32N2O2/c1-16-6-5-7-17(14-16)22-15-20-8-11-21(12-9-20,13-10-20)23-18(24)25-19(2,3)4/h5-7,14,22H,8-13,15H2,1-4H3,(H,23,24). The lowest BCUT2D eigenvalue weighted by Crippen LogP contribution is -2.58. The van der Waals surface area contributed by atoms with Gasteiger partial charge in [0.25, 0.3) is 0 Å². The Bertz CT molecular complexity index is 608. The number of benzene rings is 1. The van der Waals surface area contributed by atoms with Gasteiger partial charge >= 0.3 is 6.09 Å². The highest BCUT2D eigenvalue weighted by atomic mass is 16.6. The number of alkyl carbamates (subject to hydrolysis) is 1. The molecule has 0 aliphatic heterocycles. The zero-order valence-corrected chi connectivity index (χ0v) is 16.1. The van der Waals surface area contributed by atoms with Crippen LogP contribution in [0.2, 0.25) is 0 Å². The molecule has 3 aliphatic carbocycles. The minimum atomic E-state index is -0.439. The highest BCUT2D eigenvalue weighted by Gasteiger charge is 2.49. The molecule has 4 nitrogen and oxygen atoms in total. The van der Waals surface area contributed by atoms with Gasteiger partial charge in [-0.05, 0) is 89.3 Å². The predicted molar refractivity (Wildman–Crippen MR) is 102 cm³/mol. The third-order valence-corrected chi connectivity index (χ3v) is 5.85. The fourth-order valence-electron chi connectivity index (χ4n) is 4.28. The van der Waals surface area contributed by atoms with E-state index in [2.05, 4.69) is 41.8 Å². The number of carbonyl (C=O) groups is 1. The molecule has 0 unspecified atom stereocenters. The van der Waals surface area contributed by atoms with Gasteiger partial charge in [0.2, 0.25) is 0 Å². The number of anilines is 1. The van der Waals surface area contributed by atoms with Crippen LogP contribution in [0.4, 0.5) is 10.5 Å². The maximum absolute atomic E-state index is 12.2. The number of hydrogen-bond acceptors (Lipinski definition) is 3. The molecular weight excluding hydrogens is 312 g/mol. The quantitative estimate of drug-likeness (QED) is 0.806. The van der Waals surface area contributed by atoms with Crippen molar-refractivity contribution < 1.29 is 9.53 Å². The minimum Gasteiger partial charge on any atom is -0.444 e. The molecule has 0 radical (unpaired) electrons. The molecule has 0 heterocycles. The fourth-order valence-corrected chi connectivity index (χ4v) is 4.28. The second-order valence-electron chi connectivity index (χ2n) is 9.13. The monoisotopic (exact) mass is 344 g/mol. The van der Waals surface area contributed by atoms with E-state index in [4.69, 9.17) is 4.74 Å². The summed E-state index contributed by atoms with van der Waals surface area (Å²) in [6, 6.07) is 8.58. The van der Waals surface area contributed by atoms with Crippen molar-refractivity contribution in [3.8, 4) is 0 Å². The van der Waals surface area contributed by atoms with Gasteiger partial charge in [-0.2, -0.15) is 0 Å². The molecule has 0 spiro atoms. The van der Waals surface area contributed by atoms with Crippen LogP contribution in [0.25, 0.3) is 0 Å². The Balaban J connectivity index is 1.54. The van der Waals surface area contributed by atoms with Gasteiger partial charge in [-0.25, -0.2) is 4.79 Å². The molecule has 3 saturated carbocycles. The number of aryl methyl sites for hydroxylation is 1. The third kappa shape index (κ3) is 4.47. The number of fused-ring (bicyclic) bond motifs is 3. The van der Waals surface area contributed by atoms with E-state index in [1.54, 1.807) is 0 Å². The molecule has 1 aromatic carbocycles. The molecular formula is C21H32N2O2. The Hall–Kier alpha value is -1.71. The van der Waals surface area contributed by atoms with Crippen molar-refractivity contribution >= 4 is 11.8 Å². The fraction of sp³-hybridized carbons (Fsp3) is 0.667. The lowest BCUT2D eigenvalue weighted by atomic mass is 9.57. The molecule has 0 saturated heterocycles. The summed E-state index contributed by atoms with van der Waals surface area (Å²) in [5.74, 6) is 0. The van der Waals surface area contributed by atoms with Crippen LogP contribution in [0.5, 0.6) is 0 Å². The molecule has 138 valence electrons. The van der Waals surface area contributed by atoms with E-state index in [0.717, 1.165) is 25.8 Å². The van der Waals surface area contributed by atoms with Gasteiger partial charge in [-0.15, -0.1) is 0 Å². The number of rotatable bonds is 4. The van der Waals surface area contributed by atoms with Crippen molar-refractivity contribution in [2.75, 3.05) is 11.9 Å². The number of amides is 1. The molecule has 2 bridgehead atoms. The lowest BCUT2D eigenvalue weighted by Gasteiger charge is -2.53. The van der Waals surface area contributed by atoms with Crippen LogP contribution >= 0.6 is 0 Å². The van der Waals surface area contributed by atoms with Gasteiger partial charge in [0.1, 0.15) is 5.60 Å². The van der Waals surface area contributed by atoms with Gasteiger partial charge < -0.3 is 15.4 Å². The maximum atomic E-state index is 12.2. The summed E-state index contributed by atoms with van der Waals surface area (Å²) < 4.78 is 5.46. The Labute approximate surface area is 151 Å². The van der Waals surface area contributed by atoms with E-state index >= 15 is 0 Å². The summed E-state index contributed by atoms with van der Waals surface area (Å²) in [6.07, 6.45) is 6.41. The summed E-state index contributed by atoms with van der Waals surface area (Å²) in [7, 11) is 0. The van der Waals surface area contributed by atoms with Crippen LogP contribution in [0, 0.1) is 12.3 Å². The first-order valence-corrected chi connectivity index (χ1v) is 9.51. The number of ether oxygens (including phenoxy) is 1. The van der Waals surface area contributed by atoms with Gasteiger partial charge in [-0.1, -0.05) is 12.1 Å². The number of nitrogens with one attached hydrogen (secondary N) is 2.